The Morgan fingerprint density at radius 2 is 1.16 bits per heavy atom. The minimum absolute atomic E-state index is 0.284. The van der Waals surface area contributed by atoms with E-state index in [4.69, 9.17) is 13.8 Å². The Balaban J connectivity index is 1.28. The molecule has 0 fully saturated rings. The van der Waals surface area contributed by atoms with Crippen molar-refractivity contribution in [3.05, 3.63) is 145 Å². The third-order valence-corrected chi connectivity index (χ3v) is 9.83. The van der Waals surface area contributed by atoms with Crippen LogP contribution < -0.4 is 0 Å². The SMILES string of the molecule is CC(C)c1cc(-c2ccccc2)cc(C(C)C)c1-n1c(-c2coc3ccc(-c4ccc5oc6ccccc6c5c4)cc23)nc2ccccc21. The first kappa shape index (κ1) is 29.3. The van der Waals surface area contributed by atoms with Crippen LogP contribution in [0.15, 0.2) is 142 Å². The van der Waals surface area contributed by atoms with Crippen molar-refractivity contribution in [2.45, 2.75) is 39.5 Å². The molecule has 3 heterocycles. The summed E-state index contributed by atoms with van der Waals surface area (Å²) in [4.78, 5) is 5.32. The van der Waals surface area contributed by atoms with Crippen molar-refractivity contribution in [2.24, 2.45) is 0 Å². The first-order valence-electron chi connectivity index (χ1n) is 17.1. The van der Waals surface area contributed by atoms with Crippen molar-refractivity contribution in [1.29, 1.82) is 0 Å². The molecule has 0 bridgehead atoms. The fraction of sp³-hybridized carbons (Fsp3) is 0.133. The van der Waals surface area contributed by atoms with Gasteiger partial charge in [-0.15, -0.1) is 0 Å². The molecule has 0 saturated heterocycles. The topological polar surface area (TPSA) is 44.1 Å². The highest BCUT2D eigenvalue weighted by molar-refractivity contribution is 6.06. The molecular formula is C45H36N2O2. The normalized spacial score (nSPS) is 12.0. The monoisotopic (exact) mass is 636 g/mol. The summed E-state index contributed by atoms with van der Waals surface area (Å²) < 4.78 is 14.8. The Morgan fingerprint density at radius 1 is 0.531 bits per heavy atom. The van der Waals surface area contributed by atoms with Crippen molar-refractivity contribution < 1.29 is 8.83 Å². The highest BCUT2D eigenvalue weighted by Crippen LogP contribution is 2.42. The standard InChI is InChI=1S/C45H36N2O2/c1-27(2)34-24-32(29-12-6-5-7-13-29)25-35(28(3)4)44(34)47-40-16-10-9-15-39(40)46-45(47)38-26-48-41-20-18-30(23-37(38)41)31-19-21-43-36(22-31)33-14-8-11-17-42(33)49-43/h5-28H,1-4H3. The molecular weight excluding hydrogens is 601 g/mol. The van der Waals surface area contributed by atoms with Crippen LogP contribution in [0.2, 0.25) is 0 Å². The van der Waals surface area contributed by atoms with E-state index in [1.165, 1.54) is 27.9 Å². The van der Waals surface area contributed by atoms with Gasteiger partial charge in [-0.2, -0.15) is 0 Å². The molecule has 0 N–H and O–H groups in total. The van der Waals surface area contributed by atoms with Gasteiger partial charge in [-0.25, -0.2) is 4.98 Å². The lowest BCUT2D eigenvalue weighted by Crippen LogP contribution is -2.09. The van der Waals surface area contributed by atoms with E-state index in [9.17, 15) is 0 Å². The third kappa shape index (κ3) is 4.78. The van der Waals surface area contributed by atoms with Gasteiger partial charge in [0.2, 0.25) is 0 Å². The Morgan fingerprint density at radius 3 is 1.92 bits per heavy atom. The van der Waals surface area contributed by atoms with Gasteiger partial charge in [0.25, 0.3) is 0 Å². The van der Waals surface area contributed by atoms with Gasteiger partial charge < -0.3 is 8.83 Å². The molecule has 49 heavy (non-hydrogen) atoms. The first-order chi connectivity index (χ1) is 23.9. The van der Waals surface area contributed by atoms with Crippen molar-refractivity contribution >= 4 is 43.9 Å². The average molecular weight is 637 g/mol. The fourth-order valence-electron chi connectivity index (χ4n) is 7.34. The van der Waals surface area contributed by atoms with Crippen molar-refractivity contribution in [1.82, 2.24) is 9.55 Å². The van der Waals surface area contributed by atoms with Crippen LogP contribution in [0.3, 0.4) is 0 Å². The number of benzene rings is 6. The molecule has 4 heteroatoms. The van der Waals surface area contributed by atoms with Crippen LogP contribution in [-0.2, 0) is 0 Å². The number of hydrogen-bond donors (Lipinski definition) is 0. The molecule has 9 aromatic rings. The third-order valence-electron chi connectivity index (χ3n) is 9.83. The van der Waals surface area contributed by atoms with Gasteiger partial charge in [0.1, 0.15) is 28.8 Å². The fourth-order valence-corrected chi connectivity index (χ4v) is 7.34. The Hall–Kier alpha value is -5.87. The maximum Gasteiger partial charge on any atom is 0.149 e. The van der Waals surface area contributed by atoms with Gasteiger partial charge in [-0.1, -0.05) is 100 Å². The molecule has 9 rings (SSSR count). The predicted molar refractivity (Wildman–Crippen MR) is 203 cm³/mol. The molecule has 0 saturated carbocycles. The molecule has 0 aliphatic heterocycles. The first-order valence-corrected chi connectivity index (χ1v) is 17.1. The van der Waals surface area contributed by atoms with Crippen LogP contribution in [0.4, 0.5) is 0 Å². The van der Waals surface area contributed by atoms with Crippen molar-refractivity contribution in [3.8, 4) is 39.3 Å². The molecule has 0 unspecified atom stereocenters. The van der Waals surface area contributed by atoms with Crippen molar-refractivity contribution in [3.63, 3.8) is 0 Å². The van der Waals surface area contributed by atoms with E-state index in [0.29, 0.717) is 0 Å². The molecule has 0 aliphatic carbocycles. The largest absolute Gasteiger partial charge is 0.464 e. The lowest BCUT2D eigenvalue weighted by molar-refractivity contribution is 0.616. The molecule has 0 atom stereocenters. The van der Waals surface area contributed by atoms with E-state index >= 15 is 0 Å². The zero-order valence-corrected chi connectivity index (χ0v) is 28.1. The van der Waals surface area contributed by atoms with E-state index in [1.807, 2.05) is 18.4 Å². The van der Waals surface area contributed by atoms with E-state index in [2.05, 4.69) is 148 Å². The van der Waals surface area contributed by atoms with Crippen LogP contribution in [0.25, 0.3) is 83.3 Å². The quantitative estimate of drug-likeness (QED) is 0.182. The van der Waals surface area contributed by atoms with Gasteiger partial charge in [0.05, 0.1) is 22.3 Å². The smallest absolute Gasteiger partial charge is 0.149 e. The van der Waals surface area contributed by atoms with Crippen LogP contribution >= 0.6 is 0 Å². The summed E-state index contributed by atoms with van der Waals surface area (Å²) in [6, 6.07) is 45.0. The zero-order valence-electron chi connectivity index (χ0n) is 28.1. The minimum Gasteiger partial charge on any atom is -0.464 e. The summed E-state index contributed by atoms with van der Waals surface area (Å²) in [5, 5.41) is 3.27. The number of hydrogen-bond acceptors (Lipinski definition) is 3. The second-order valence-corrected chi connectivity index (χ2v) is 13.6. The summed E-state index contributed by atoms with van der Waals surface area (Å²) in [6.45, 7) is 9.15. The highest BCUT2D eigenvalue weighted by Gasteiger charge is 2.25. The molecule has 4 nitrogen and oxygen atoms in total. The number of rotatable bonds is 6. The predicted octanol–water partition coefficient (Wildman–Crippen LogP) is 12.9. The Labute approximate surface area is 285 Å². The molecule has 3 aromatic heterocycles. The minimum atomic E-state index is 0.284. The van der Waals surface area contributed by atoms with Crippen LogP contribution in [0.5, 0.6) is 0 Å². The van der Waals surface area contributed by atoms with E-state index in [-0.39, 0.29) is 11.8 Å². The van der Waals surface area contributed by atoms with E-state index in [1.54, 1.807) is 0 Å². The summed E-state index contributed by atoms with van der Waals surface area (Å²) in [5.41, 5.74) is 14.1. The number of furan rings is 2. The van der Waals surface area contributed by atoms with Gasteiger partial charge in [0.15, 0.2) is 0 Å². The number of fused-ring (bicyclic) bond motifs is 5. The molecule has 238 valence electrons. The van der Waals surface area contributed by atoms with Gasteiger partial charge >= 0.3 is 0 Å². The van der Waals surface area contributed by atoms with Crippen LogP contribution in [0, 0.1) is 0 Å². The Kier molecular flexibility index (Phi) is 6.80. The molecule has 0 aliphatic rings. The second-order valence-electron chi connectivity index (χ2n) is 13.6. The maximum absolute atomic E-state index is 6.26. The van der Waals surface area contributed by atoms with E-state index in [0.717, 1.165) is 66.5 Å². The second kappa shape index (κ2) is 11.4. The molecule has 0 amide bonds. The number of para-hydroxylation sites is 3. The Bertz CT molecular complexity index is 2640. The molecule has 0 spiro atoms. The summed E-state index contributed by atoms with van der Waals surface area (Å²) in [7, 11) is 0. The number of aromatic nitrogens is 2. The lowest BCUT2D eigenvalue weighted by Gasteiger charge is -2.24. The lowest BCUT2D eigenvalue weighted by atomic mass is 9.88. The number of imidazole rings is 1. The zero-order chi connectivity index (χ0) is 33.2. The van der Waals surface area contributed by atoms with Gasteiger partial charge in [-0.05, 0) is 99.8 Å². The highest BCUT2D eigenvalue weighted by atomic mass is 16.3. The van der Waals surface area contributed by atoms with Crippen LogP contribution in [0.1, 0.15) is 50.7 Å². The van der Waals surface area contributed by atoms with Crippen molar-refractivity contribution in [2.75, 3.05) is 0 Å². The maximum atomic E-state index is 6.26. The summed E-state index contributed by atoms with van der Waals surface area (Å²) in [5.74, 6) is 1.45. The number of nitrogens with zero attached hydrogens (tertiary/aromatic N) is 2. The van der Waals surface area contributed by atoms with Gasteiger partial charge in [-0.3, -0.25) is 4.57 Å². The van der Waals surface area contributed by atoms with Crippen LogP contribution in [-0.4, -0.2) is 9.55 Å². The molecule has 0 radical (unpaired) electrons. The molecule has 6 aromatic carbocycles. The summed E-state index contributed by atoms with van der Waals surface area (Å²) >= 11 is 0. The van der Waals surface area contributed by atoms with E-state index < -0.39 is 0 Å². The van der Waals surface area contributed by atoms with Gasteiger partial charge in [0, 0.05) is 16.2 Å². The summed E-state index contributed by atoms with van der Waals surface area (Å²) in [6.07, 6.45) is 1.88. The average Bonchev–Trinajstić information content (AvgIpc) is 3.84.